The molecule has 15 rings (SSSR count). The number of para-hydroxylation sites is 1. The zero-order valence-corrected chi connectivity index (χ0v) is 39.4. The van der Waals surface area contributed by atoms with Crippen molar-refractivity contribution >= 4 is 104 Å². The van der Waals surface area contributed by atoms with Crippen molar-refractivity contribution in [2.75, 3.05) is 4.90 Å². The maximum absolute atomic E-state index is 5.40. The van der Waals surface area contributed by atoms with E-state index in [2.05, 4.69) is 260 Å². The molecule has 0 spiro atoms. The maximum Gasteiger partial charge on any atom is 0.138 e. The van der Waals surface area contributed by atoms with Gasteiger partial charge >= 0.3 is 0 Å². The van der Waals surface area contributed by atoms with E-state index < -0.39 is 0 Å². The topological polar surface area (TPSA) is 21.1 Å². The molecule has 12 aromatic carbocycles. The third-order valence-corrected chi connectivity index (χ3v) is 15.6. The number of fused-ring (bicyclic) bond motifs is 18. The predicted octanol–water partition coefficient (Wildman–Crippen LogP) is 18.5. The second kappa shape index (κ2) is 15.0. The van der Waals surface area contributed by atoms with Crippen molar-refractivity contribution in [2.24, 2.45) is 0 Å². The van der Waals surface area contributed by atoms with E-state index in [0.717, 1.165) is 44.8 Å². The van der Waals surface area contributed by atoms with Gasteiger partial charge in [0, 0.05) is 38.3 Å². The molecule has 0 atom stereocenters. The lowest BCUT2D eigenvalue weighted by Gasteiger charge is -2.28. The van der Waals surface area contributed by atoms with Crippen LogP contribution in [0.25, 0.3) is 115 Å². The van der Waals surface area contributed by atoms with Crippen LogP contribution in [0.2, 0.25) is 0 Å². The standard InChI is InChI=1S/C68H45N3/c1-68(2)66-56(34-33-55-52-27-10-9-25-50(52)51-26-12-14-29-54(51)64(55)66)57-35-37-61-65(67(57)68)58-41-47(32-36-60(58)71(61)63-38-31-43-19-7-15-30-59(43)69-63)70(46-22-16-21-44(39-46)42-17-4-3-5-18-42)62-40-45-20-6-8-23-48(45)49-24-11-13-28-53(49)62/h3-41H,1-2H3. The second-order valence-corrected chi connectivity index (χ2v) is 19.8. The number of hydrogen-bond donors (Lipinski definition) is 0. The Morgan fingerprint density at radius 2 is 0.930 bits per heavy atom. The Labute approximate surface area is 411 Å². The molecule has 332 valence electrons. The molecular formula is C68H45N3. The molecule has 1 aliphatic rings. The fourth-order valence-electron chi connectivity index (χ4n) is 12.6. The van der Waals surface area contributed by atoms with Gasteiger partial charge in [-0.05, 0) is 143 Å². The fourth-order valence-corrected chi connectivity index (χ4v) is 12.6. The molecule has 0 saturated carbocycles. The van der Waals surface area contributed by atoms with Gasteiger partial charge in [-0.15, -0.1) is 0 Å². The summed E-state index contributed by atoms with van der Waals surface area (Å²) in [5.41, 5.74) is 13.9. The molecule has 0 bridgehead atoms. The molecule has 1 aliphatic carbocycles. The first-order valence-corrected chi connectivity index (χ1v) is 24.7. The minimum absolute atomic E-state index is 0.376. The van der Waals surface area contributed by atoms with E-state index in [1.807, 2.05) is 0 Å². The highest BCUT2D eigenvalue weighted by atomic mass is 15.1. The van der Waals surface area contributed by atoms with Crippen LogP contribution in [0.4, 0.5) is 17.1 Å². The number of hydrogen-bond acceptors (Lipinski definition) is 2. The highest BCUT2D eigenvalue weighted by Crippen LogP contribution is 2.57. The van der Waals surface area contributed by atoms with Gasteiger partial charge in [0.05, 0.1) is 22.2 Å². The average Bonchev–Trinajstić information content (AvgIpc) is 3.88. The Morgan fingerprint density at radius 1 is 0.366 bits per heavy atom. The second-order valence-electron chi connectivity index (χ2n) is 19.8. The van der Waals surface area contributed by atoms with Crippen molar-refractivity contribution in [2.45, 2.75) is 19.3 Å². The van der Waals surface area contributed by atoms with Crippen LogP contribution >= 0.6 is 0 Å². The van der Waals surface area contributed by atoms with E-state index in [1.54, 1.807) is 0 Å². The number of pyridine rings is 1. The molecule has 2 heterocycles. The van der Waals surface area contributed by atoms with E-state index in [-0.39, 0.29) is 5.41 Å². The molecule has 3 nitrogen and oxygen atoms in total. The molecule has 0 aliphatic heterocycles. The van der Waals surface area contributed by atoms with Gasteiger partial charge in [-0.1, -0.05) is 190 Å². The lowest BCUT2D eigenvalue weighted by Crippen LogP contribution is -2.16. The number of nitrogens with zero attached hydrogens (tertiary/aromatic N) is 3. The van der Waals surface area contributed by atoms with Crippen molar-refractivity contribution in [3.8, 4) is 28.1 Å². The molecule has 0 N–H and O–H groups in total. The van der Waals surface area contributed by atoms with E-state index in [0.29, 0.717) is 0 Å². The number of anilines is 3. The van der Waals surface area contributed by atoms with E-state index in [1.165, 1.54) is 98.0 Å². The lowest BCUT2D eigenvalue weighted by molar-refractivity contribution is 0.673. The van der Waals surface area contributed by atoms with Crippen molar-refractivity contribution < 1.29 is 0 Å². The highest BCUT2D eigenvalue weighted by molar-refractivity contribution is 6.28. The zero-order chi connectivity index (χ0) is 47.0. The van der Waals surface area contributed by atoms with E-state index in [9.17, 15) is 0 Å². The Hall–Kier alpha value is -9.05. The van der Waals surface area contributed by atoms with E-state index >= 15 is 0 Å². The predicted molar refractivity (Wildman–Crippen MR) is 301 cm³/mol. The summed E-state index contributed by atoms with van der Waals surface area (Å²) < 4.78 is 2.41. The SMILES string of the molecule is CC1(C)c2c(ccc3c4ccccc4c4ccccc4c23)-c2ccc3c(c21)c1cc(N(c2cccc(-c4ccccc4)c2)c2cc4ccccc4c4ccccc24)ccc1n3-c1ccc2ccccc2n1. The van der Waals surface area contributed by atoms with Gasteiger partial charge in [0.1, 0.15) is 5.82 Å². The van der Waals surface area contributed by atoms with Crippen molar-refractivity contribution in [3.63, 3.8) is 0 Å². The Bertz CT molecular complexity index is 4520. The van der Waals surface area contributed by atoms with Crippen LogP contribution in [-0.4, -0.2) is 9.55 Å². The van der Waals surface area contributed by atoms with Crippen molar-refractivity contribution in [1.29, 1.82) is 0 Å². The Balaban J connectivity index is 1.05. The van der Waals surface area contributed by atoms with Crippen LogP contribution in [0.3, 0.4) is 0 Å². The molecule has 0 amide bonds. The summed E-state index contributed by atoms with van der Waals surface area (Å²) in [4.78, 5) is 7.89. The first-order valence-electron chi connectivity index (χ1n) is 24.7. The molecule has 0 radical (unpaired) electrons. The van der Waals surface area contributed by atoms with Gasteiger partial charge in [0.15, 0.2) is 0 Å². The van der Waals surface area contributed by atoms with E-state index in [4.69, 9.17) is 4.98 Å². The summed E-state index contributed by atoms with van der Waals surface area (Å²) in [6.45, 7) is 4.93. The highest BCUT2D eigenvalue weighted by Gasteiger charge is 2.40. The van der Waals surface area contributed by atoms with Gasteiger partial charge in [-0.25, -0.2) is 4.98 Å². The van der Waals surface area contributed by atoms with Crippen molar-refractivity contribution in [3.05, 3.63) is 248 Å². The van der Waals surface area contributed by atoms with Crippen LogP contribution in [0.1, 0.15) is 25.0 Å². The largest absolute Gasteiger partial charge is 0.310 e. The van der Waals surface area contributed by atoms with Gasteiger partial charge in [-0.2, -0.15) is 0 Å². The summed E-state index contributed by atoms with van der Waals surface area (Å²) in [5, 5.41) is 16.3. The van der Waals surface area contributed by atoms with Crippen LogP contribution in [0, 0.1) is 0 Å². The van der Waals surface area contributed by atoms with Crippen LogP contribution < -0.4 is 4.90 Å². The monoisotopic (exact) mass is 903 g/mol. The lowest BCUT2D eigenvalue weighted by atomic mass is 9.77. The third kappa shape index (κ3) is 5.75. The van der Waals surface area contributed by atoms with Gasteiger partial charge < -0.3 is 4.90 Å². The molecule has 3 heteroatoms. The summed E-state index contributed by atoms with van der Waals surface area (Å²) in [5.74, 6) is 0.903. The molecule has 14 aromatic rings. The number of aromatic nitrogens is 2. The van der Waals surface area contributed by atoms with Gasteiger partial charge in [-0.3, -0.25) is 4.57 Å². The molecule has 0 fully saturated rings. The molecule has 2 aromatic heterocycles. The van der Waals surface area contributed by atoms with Crippen LogP contribution in [0.5, 0.6) is 0 Å². The summed E-state index contributed by atoms with van der Waals surface area (Å²) >= 11 is 0. The first kappa shape index (κ1) is 39.9. The normalized spacial score (nSPS) is 13.0. The minimum atomic E-state index is -0.376. The molecule has 71 heavy (non-hydrogen) atoms. The van der Waals surface area contributed by atoms with Crippen LogP contribution in [0.15, 0.2) is 237 Å². The minimum Gasteiger partial charge on any atom is -0.310 e. The van der Waals surface area contributed by atoms with Gasteiger partial charge in [0.25, 0.3) is 0 Å². The molecule has 0 saturated heterocycles. The maximum atomic E-state index is 5.40. The zero-order valence-electron chi connectivity index (χ0n) is 39.4. The molecular weight excluding hydrogens is 859 g/mol. The average molecular weight is 904 g/mol. The summed E-state index contributed by atoms with van der Waals surface area (Å²) in [6, 6.07) is 87.3. The number of rotatable bonds is 5. The smallest absolute Gasteiger partial charge is 0.138 e. The van der Waals surface area contributed by atoms with Crippen molar-refractivity contribution in [1.82, 2.24) is 9.55 Å². The van der Waals surface area contributed by atoms with Crippen LogP contribution in [-0.2, 0) is 5.41 Å². The number of benzene rings is 12. The van der Waals surface area contributed by atoms with Gasteiger partial charge in [0.2, 0.25) is 0 Å². The Morgan fingerprint density at radius 3 is 1.70 bits per heavy atom. The summed E-state index contributed by atoms with van der Waals surface area (Å²) in [7, 11) is 0. The first-order chi connectivity index (χ1) is 35.0. The summed E-state index contributed by atoms with van der Waals surface area (Å²) in [6.07, 6.45) is 0. The molecule has 0 unspecified atom stereocenters. The Kier molecular flexibility index (Phi) is 8.41. The quantitative estimate of drug-likeness (QED) is 0.161. The fraction of sp³-hybridized carbons (Fsp3) is 0.0441. The third-order valence-electron chi connectivity index (χ3n) is 15.6.